The fourth-order valence-electron chi connectivity index (χ4n) is 3.07. The summed E-state index contributed by atoms with van der Waals surface area (Å²) in [5.41, 5.74) is 1.22. The quantitative estimate of drug-likeness (QED) is 0.633. The summed E-state index contributed by atoms with van der Waals surface area (Å²) >= 11 is 0. The van der Waals surface area contributed by atoms with E-state index in [1.54, 1.807) is 0 Å². The Morgan fingerprint density at radius 3 is 2.46 bits per heavy atom. The number of hydrogen-bond acceptors (Lipinski definition) is 5. The molecule has 0 radical (unpaired) electrons. The van der Waals surface area contributed by atoms with Crippen molar-refractivity contribution in [2.75, 3.05) is 0 Å². The lowest BCUT2D eigenvalue weighted by Gasteiger charge is -2.08. The second kappa shape index (κ2) is 6.32. The highest BCUT2D eigenvalue weighted by atomic mass is 32.2. The molecule has 0 saturated heterocycles. The van der Waals surface area contributed by atoms with Crippen molar-refractivity contribution in [1.29, 1.82) is 0 Å². The first-order valence-electron chi connectivity index (χ1n) is 8.34. The van der Waals surface area contributed by atoms with E-state index in [-0.39, 0.29) is 16.7 Å². The van der Waals surface area contributed by atoms with Crippen LogP contribution in [0, 0.1) is 5.82 Å². The third kappa shape index (κ3) is 3.03. The number of hydrogen-bond donors (Lipinski definition) is 0. The SMILES string of the molecule is CC(c1nc([C@@H]2C[C@H]2c2ccccc2)no1)S(=O)(=O)c1ccc(F)cc1. The Kier molecular flexibility index (Phi) is 4.11. The van der Waals surface area contributed by atoms with Gasteiger partial charge in [-0.3, -0.25) is 0 Å². The number of benzene rings is 2. The van der Waals surface area contributed by atoms with E-state index in [1.165, 1.54) is 24.6 Å². The minimum Gasteiger partial charge on any atom is -0.338 e. The highest BCUT2D eigenvalue weighted by Crippen LogP contribution is 2.53. The van der Waals surface area contributed by atoms with Gasteiger partial charge in [0.25, 0.3) is 0 Å². The molecule has 3 aromatic rings. The van der Waals surface area contributed by atoms with E-state index in [4.69, 9.17) is 4.52 Å². The zero-order valence-corrected chi connectivity index (χ0v) is 14.9. The Labute approximate surface area is 150 Å². The standard InChI is InChI=1S/C19H17FN2O3S/c1-12(26(23,24)15-9-7-14(20)8-10-15)19-21-18(22-25-19)17-11-16(17)13-5-3-2-4-6-13/h2-10,12,16-17H,11H2,1H3/t12?,16-,17+/m0/s1. The summed E-state index contributed by atoms with van der Waals surface area (Å²) in [7, 11) is -3.73. The molecule has 1 unspecified atom stereocenters. The van der Waals surface area contributed by atoms with Gasteiger partial charge in [0.15, 0.2) is 15.7 Å². The molecular weight excluding hydrogens is 355 g/mol. The van der Waals surface area contributed by atoms with Gasteiger partial charge in [0, 0.05) is 5.92 Å². The van der Waals surface area contributed by atoms with Crippen LogP contribution < -0.4 is 0 Å². The van der Waals surface area contributed by atoms with E-state index in [0.717, 1.165) is 18.6 Å². The maximum Gasteiger partial charge on any atom is 0.245 e. The number of nitrogens with zero attached hydrogens (tertiary/aromatic N) is 2. The topological polar surface area (TPSA) is 73.1 Å². The van der Waals surface area contributed by atoms with E-state index in [0.29, 0.717) is 11.7 Å². The van der Waals surface area contributed by atoms with Crippen LogP contribution in [0.1, 0.15) is 47.7 Å². The van der Waals surface area contributed by atoms with Crippen LogP contribution in [-0.2, 0) is 9.84 Å². The second-order valence-corrected chi connectivity index (χ2v) is 8.76. The fourth-order valence-corrected chi connectivity index (χ4v) is 4.36. The van der Waals surface area contributed by atoms with Crippen LogP contribution in [0.25, 0.3) is 0 Å². The van der Waals surface area contributed by atoms with E-state index in [1.807, 2.05) is 18.2 Å². The maximum atomic E-state index is 13.0. The Balaban J connectivity index is 1.54. The van der Waals surface area contributed by atoms with Gasteiger partial charge in [0.1, 0.15) is 11.1 Å². The van der Waals surface area contributed by atoms with Crippen molar-refractivity contribution < 1.29 is 17.3 Å². The molecule has 7 heteroatoms. The molecule has 1 aliphatic carbocycles. The molecule has 0 N–H and O–H groups in total. The fraction of sp³-hybridized carbons (Fsp3) is 0.263. The van der Waals surface area contributed by atoms with Gasteiger partial charge in [-0.25, -0.2) is 12.8 Å². The predicted octanol–water partition coefficient (Wildman–Crippen LogP) is 4.01. The van der Waals surface area contributed by atoms with Gasteiger partial charge in [-0.15, -0.1) is 0 Å². The highest BCUT2D eigenvalue weighted by molar-refractivity contribution is 7.91. The summed E-state index contributed by atoms with van der Waals surface area (Å²) in [6.45, 7) is 1.50. The van der Waals surface area contributed by atoms with Crippen molar-refractivity contribution >= 4 is 9.84 Å². The van der Waals surface area contributed by atoms with Crippen LogP contribution in [0.4, 0.5) is 4.39 Å². The molecule has 2 aromatic carbocycles. The maximum absolute atomic E-state index is 13.0. The number of sulfone groups is 1. The van der Waals surface area contributed by atoms with Crippen LogP contribution in [-0.4, -0.2) is 18.6 Å². The molecule has 26 heavy (non-hydrogen) atoms. The molecule has 0 bridgehead atoms. The van der Waals surface area contributed by atoms with E-state index in [9.17, 15) is 12.8 Å². The molecular formula is C19H17FN2O3S. The summed E-state index contributed by atoms with van der Waals surface area (Å²) in [5, 5.41) is 2.99. The Hall–Kier alpha value is -2.54. The first-order chi connectivity index (χ1) is 12.5. The van der Waals surface area contributed by atoms with Gasteiger partial charge in [0.05, 0.1) is 4.90 Å². The van der Waals surface area contributed by atoms with Crippen LogP contribution in [0.3, 0.4) is 0 Å². The normalized spacial score (nSPS) is 20.7. The first kappa shape index (κ1) is 16.9. The lowest BCUT2D eigenvalue weighted by Crippen LogP contribution is -2.11. The van der Waals surface area contributed by atoms with Gasteiger partial charge in [-0.05, 0) is 49.1 Å². The number of halogens is 1. The first-order valence-corrected chi connectivity index (χ1v) is 9.89. The highest BCUT2D eigenvalue weighted by Gasteiger charge is 2.43. The summed E-state index contributed by atoms with van der Waals surface area (Å²) in [6, 6.07) is 14.8. The molecule has 1 saturated carbocycles. The van der Waals surface area contributed by atoms with E-state index >= 15 is 0 Å². The molecule has 0 amide bonds. The van der Waals surface area contributed by atoms with Crippen molar-refractivity contribution in [2.45, 2.75) is 35.3 Å². The Morgan fingerprint density at radius 2 is 1.77 bits per heavy atom. The van der Waals surface area contributed by atoms with Crippen LogP contribution in [0.2, 0.25) is 0 Å². The van der Waals surface area contributed by atoms with Gasteiger partial charge in [-0.2, -0.15) is 4.98 Å². The van der Waals surface area contributed by atoms with Gasteiger partial charge < -0.3 is 4.52 Å². The smallest absolute Gasteiger partial charge is 0.245 e. The Bertz CT molecular complexity index is 1020. The third-order valence-corrected chi connectivity index (χ3v) is 6.82. The summed E-state index contributed by atoms with van der Waals surface area (Å²) < 4.78 is 43.6. The zero-order chi connectivity index (χ0) is 18.3. The van der Waals surface area contributed by atoms with Crippen LogP contribution in [0.5, 0.6) is 0 Å². The molecule has 3 atom stereocenters. The molecule has 0 spiro atoms. The van der Waals surface area contributed by atoms with E-state index < -0.39 is 20.9 Å². The van der Waals surface area contributed by atoms with Crippen LogP contribution >= 0.6 is 0 Å². The van der Waals surface area contributed by atoms with Gasteiger partial charge in [0.2, 0.25) is 5.89 Å². The predicted molar refractivity (Wildman–Crippen MR) is 92.8 cm³/mol. The van der Waals surface area contributed by atoms with Gasteiger partial charge in [-0.1, -0.05) is 35.5 Å². The largest absolute Gasteiger partial charge is 0.338 e. The average molecular weight is 372 g/mol. The third-order valence-electron chi connectivity index (χ3n) is 4.76. The second-order valence-electron chi connectivity index (χ2n) is 6.49. The molecule has 5 nitrogen and oxygen atoms in total. The zero-order valence-electron chi connectivity index (χ0n) is 14.0. The molecule has 134 valence electrons. The lowest BCUT2D eigenvalue weighted by molar-refractivity contribution is 0.371. The van der Waals surface area contributed by atoms with Crippen molar-refractivity contribution in [3.8, 4) is 0 Å². The molecule has 1 aliphatic rings. The number of rotatable bonds is 5. The number of aromatic nitrogens is 2. The lowest BCUT2D eigenvalue weighted by atomic mass is 10.1. The average Bonchev–Trinajstić information content (AvgIpc) is 3.31. The summed E-state index contributed by atoms with van der Waals surface area (Å²) in [4.78, 5) is 4.35. The monoisotopic (exact) mass is 372 g/mol. The molecule has 4 rings (SSSR count). The van der Waals surface area contributed by atoms with Crippen molar-refractivity contribution in [1.82, 2.24) is 10.1 Å². The van der Waals surface area contributed by atoms with Crippen LogP contribution in [0.15, 0.2) is 64.0 Å². The molecule has 1 heterocycles. The molecule has 0 aliphatic heterocycles. The molecule has 1 aromatic heterocycles. The van der Waals surface area contributed by atoms with Crippen molar-refractivity contribution in [3.05, 3.63) is 77.7 Å². The summed E-state index contributed by atoms with van der Waals surface area (Å²) in [6.07, 6.45) is 0.919. The Morgan fingerprint density at radius 1 is 1.08 bits per heavy atom. The van der Waals surface area contributed by atoms with Crippen molar-refractivity contribution in [2.24, 2.45) is 0 Å². The van der Waals surface area contributed by atoms with Gasteiger partial charge >= 0.3 is 0 Å². The molecule has 1 fully saturated rings. The minimum atomic E-state index is -3.73. The van der Waals surface area contributed by atoms with Crippen molar-refractivity contribution in [3.63, 3.8) is 0 Å². The summed E-state index contributed by atoms with van der Waals surface area (Å²) in [5.74, 6) is 0.594. The minimum absolute atomic E-state index is 0.0275. The van der Waals surface area contributed by atoms with E-state index in [2.05, 4.69) is 22.3 Å².